The average molecular weight is 822 g/mol. The largest absolute Gasteiger partial charge is 0.354 e. The number of aromatic amines is 2. The van der Waals surface area contributed by atoms with E-state index < -0.39 is 0 Å². The first-order valence-corrected chi connectivity index (χ1v) is 20.4. The number of carbonyl (C=O) groups is 4. The molecule has 0 aliphatic carbocycles. The summed E-state index contributed by atoms with van der Waals surface area (Å²) in [6, 6.07) is 37.9. The van der Waals surface area contributed by atoms with Crippen molar-refractivity contribution in [2.75, 3.05) is 6.54 Å². The zero-order chi connectivity index (χ0) is 43.8. The van der Waals surface area contributed by atoms with Crippen LogP contribution in [0.4, 0.5) is 0 Å². The molecule has 7 aromatic rings. The van der Waals surface area contributed by atoms with Gasteiger partial charge in [0.1, 0.15) is 0 Å². The number of fused-ring (bicyclic) bond motifs is 8. The van der Waals surface area contributed by atoms with Crippen LogP contribution >= 0.6 is 0 Å². The molecule has 8 bridgehead atoms. The van der Waals surface area contributed by atoms with Crippen LogP contribution in [0.2, 0.25) is 0 Å². The second kappa shape index (κ2) is 16.5. The minimum atomic E-state index is -0.274. The van der Waals surface area contributed by atoms with Crippen LogP contribution in [0.15, 0.2) is 121 Å². The highest BCUT2D eigenvalue weighted by Crippen LogP contribution is 2.39. The fraction of sp³-hybridized carbons (Fsp3) is 0.0741. The van der Waals surface area contributed by atoms with E-state index in [1.165, 1.54) is 0 Å². The van der Waals surface area contributed by atoms with Gasteiger partial charge in [0.25, 0.3) is 5.91 Å². The highest BCUT2D eigenvalue weighted by Gasteiger charge is 2.20. The predicted molar refractivity (Wildman–Crippen MR) is 252 cm³/mol. The van der Waals surface area contributed by atoms with Crippen LogP contribution in [0, 0.1) is 12.3 Å². The molecule has 2 aliphatic heterocycles. The third-order valence-corrected chi connectivity index (χ3v) is 11.3. The minimum Gasteiger partial charge on any atom is -0.354 e. The van der Waals surface area contributed by atoms with Crippen molar-refractivity contribution >= 4 is 69.6 Å². The number of rotatable bonds is 9. The molecule has 4 aromatic carbocycles. The molecule has 0 unspecified atom stereocenters. The second-order valence-electron chi connectivity index (χ2n) is 15.4. The molecule has 0 atom stereocenters. The fourth-order valence-corrected chi connectivity index (χ4v) is 8.06. The van der Waals surface area contributed by atoms with Crippen LogP contribution in [-0.2, 0) is 0 Å². The van der Waals surface area contributed by atoms with E-state index >= 15 is 0 Å². The number of hydrogen-bond donors (Lipinski definition) is 3. The summed E-state index contributed by atoms with van der Waals surface area (Å²) >= 11 is 0. The Kier molecular flexibility index (Phi) is 10.5. The maximum atomic E-state index is 12.9. The van der Waals surface area contributed by atoms with Gasteiger partial charge in [0.15, 0.2) is 17.3 Å². The van der Waals surface area contributed by atoms with Gasteiger partial charge in [-0.25, -0.2) is 9.97 Å². The SMILES string of the molecule is C#CCNC(=O)c1ccc(-c2c3nc(c(-c4ccc(C(C)=O)cc4)c4ccc([nH]4)c(-c4ccc(C(C)=O)cc4)c4nc(c(-c5ccc(C(C)=O)cc5)c5ccc2[nH]5)C=C4)C=C3)cc1. The van der Waals surface area contributed by atoms with Crippen LogP contribution in [-0.4, -0.2) is 49.7 Å². The third kappa shape index (κ3) is 7.74. The number of benzene rings is 4. The number of ketones is 3. The van der Waals surface area contributed by atoms with Gasteiger partial charge in [-0.05, 0) is 104 Å². The molecule has 304 valence electrons. The van der Waals surface area contributed by atoms with Crippen LogP contribution in [0.3, 0.4) is 0 Å². The molecule has 1 amide bonds. The van der Waals surface area contributed by atoms with Crippen molar-refractivity contribution in [3.8, 4) is 56.9 Å². The minimum absolute atomic E-state index is 0.0294. The first kappa shape index (κ1) is 40.0. The lowest BCUT2D eigenvalue weighted by atomic mass is 10.0. The molecule has 0 saturated carbocycles. The number of nitrogens with zero attached hydrogens (tertiary/aromatic N) is 2. The first-order valence-electron chi connectivity index (χ1n) is 20.4. The molecule has 0 saturated heterocycles. The molecule has 0 radical (unpaired) electrons. The normalized spacial score (nSPS) is 11.6. The average Bonchev–Trinajstić information content (AvgIpc) is 4.15. The van der Waals surface area contributed by atoms with Crippen molar-refractivity contribution in [3.05, 3.63) is 166 Å². The standard InChI is InChI=1S/C54H39N5O4/c1-5-30-55-54(63)41-20-18-40(19-21-41)53-48-28-26-46(58-48)51(38-14-8-35(9-15-38)32(3)61)44-24-22-42(56-44)50(37-12-6-34(7-13-37)31(2)60)43-23-25-45(57-43)52(47-27-29-49(53)59-47)39-16-10-36(11-17-39)33(4)62/h1,6-29,56,59H,30H2,2-4H3,(H,55,63). The van der Waals surface area contributed by atoms with Crippen LogP contribution in [0.5, 0.6) is 0 Å². The van der Waals surface area contributed by atoms with E-state index in [0.717, 1.165) is 66.6 Å². The molecule has 3 aromatic heterocycles. The second-order valence-corrected chi connectivity index (χ2v) is 15.4. The van der Waals surface area contributed by atoms with Crippen LogP contribution in [0.1, 0.15) is 85.0 Å². The Bertz CT molecular complexity index is 3250. The maximum absolute atomic E-state index is 12.9. The molecule has 9 heteroatoms. The third-order valence-electron chi connectivity index (χ3n) is 11.3. The summed E-state index contributed by atoms with van der Waals surface area (Å²) in [4.78, 5) is 67.9. The Hall–Kier alpha value is -8.48. The van der Waals surface area contributed by atoms with E-state index in [2.05, 4.69) is 21.2 Å². The highest BCUT2D eigenvalue weighted by atomic mass is 16.2. The van der Waals surface area contributed by atoms with Crippen molar-refractivity contribution < 1.29 is 19.2 Å². The number of aromatic nitrogens is 4. The summed E-state index contributed by atoms with van der Waals surface area (Å²) < 4.78 is 0. The van der Waals surface area contributed by atoms with E-state index in [9.17, 15) is 19.2 Å². The molecule has 5 heterocycles. The predicted octanol–water partition coefficient (Wildman–Crippen LogP) is 11.3. The van der Waals surface area contributed by atoms with Gasteiger partial charge < -0.3 is 15.3 Å². The van der Waals surface area contributed by atoms with Gasteiger partial charge in [-0.1, -0.05) is 90.8 Å². The van der Waals surface area contributed by atoms with Crippen molar-refractivity contribution in [1.29, 1.82) is 0 Å². The van der Waals surface area contributed by atoms with Crippen molar-refractivity contribution in [1.82, 2.24) is 25.3 Å². The van der Waals surface area contributed by atoms with Crippen molar-refractivity contribution in [3.63, 3.8) is 0 Å². The summed E-state index contributed by atoms with van der Waals surface area (Å²) in [5, 5.41) is 2.73. The summed E-state index contributed by atoms with van der Waals surface area (Å²) in [5.74, 6) is 2.07. The Morgan fingerprint density at radius 3 is 0.968 bits per heavy atom. The van der Waals surface area contributed by atoms with Crippen molar-refractivity contribution in [2.24, 2.45) is 0 Å². The van der Waals surface area contributed by atoms with Gasteiger partial charge in [-0.15, -0.1) is 6.42 Å². The smallest absolute Gasteiger partial charge is 0.252 e. The molecule has 3 N–H and O–H groups in total. The lowest BCUT2D eigenvalue weighted by molar-refractivity contribution is 0.0956. The number of terminal acetylenes is 1. The van der Waals surface area contributed by atoms with E-state index in [-0.39, 0.29) is 29.8 Å². The summed E-state index contributed by atoms with van der Waals surface area (Å²) in [6.07, 6.45) is 13.3. The Labute approximate surface area is 363 Å². The fourth-order valence-electron chi connectivity index (χ4n) is 8.06. The van der Waals surface area contributed by atoms with E-state index in [0.29, 0.717) is 45.0 Å². The molecular formula is C54H39N5O4. The Morgan fingerprint density at radius 2 is 0.714 bits per heavy atom. The highest BCUT2D eigenvalue weighted by molar-refractivity contribution is 6.02. The molecule has 63 heavy (non-hydrogen) atoms. The summed E-state index contributed by atoms with van der Waals surface area (Å²) in [5.41, 5.74) is 14.7. The van der Waals surface area contributed by atoms with E-state index in [1.807, 2.05) is 133 Å². The lowest BCUT2D eigenvalue weighted by Gasteiger charge is -2.08. The number of carbonyl (C=O) groups excluding carboxylic acids is 4. The van der Waals surface area contributed by atoms with Gasteiger partial charge >= 0.3 is 0 Å². The van der Waals surface area contributed by atoms with Gasteiger partial charge in [0.05, 0.1) is 29.3 Å². The molecular weight excluding hydrogens is 783 g/mol. The summed E-state index contributed by atoms with van der Waals surface area (Å²) in [6.45, 7) is 4.76. The molecule has 0 fully saturated rings. The lowest BCUT2D eigenvalue weighted by Crippen LogP contribution is -2.23. The molecule has 2 aliphatic rings. The zero-order valence-electron chi connectivity index (χ0n) is 34.7. The van der Waals surface area contributed by atoms with Gasteiger partial charge in [-0.3, -0.25) is 19.2 Å². The molecule has 9 rings (SSSR count). The van der Waals surface area contributed by atoms with Crippen molar-refractivity contribution in [2.45, 2.75) is 20.8 Å². The Balaban J connectivity index is 1.40. The van der Waals surface area contributed by atoms with E-state index in [4.69, 9.17) is 16.4 Å². The number of Topliss-reactive ketones (excluding diaryl/α,β-unsaturated/α-hetero) is 3. The number of H-pyrrole nitrogens is 2. The van der Waals surface area contributed by atoms with Gasteiger partial charge in [0.2, 0.25) is 0 Å². The molecule has 9 nitrogen and oxygen atoms in total. The zero-order valence-corrected chi connectivity index (χ0v) is 34.7. The first-order chi connectivity index (χ1) is 30.6. The van der Waals surface area contributed by atoms with Gasteiger partial charge in [0, 0.05) is 66.6 Å². The number of nitrogens with one attached hydrogen (secondary N) is 3. The van der Waals surface area contributed by atoms with Crippen LogP contribution < -0.4 is 5.32 Å². The quantitative estimate of drug-likeness (QED) is 0.0979. The topological polar surface area (TPSA) is 138 Å². The maximum Gasteiger partial charge on any atom is 0.252 e. The van der Waals surface area contributed by atoms with E-state index in [1.54, 1.807) is 32.9 Å². The monoisotopic (exact) mass is 821 g/mol. The van der Waals surface area contributed by atoms with Crippen LogP contribution in [0.25, 0.3) is 90.9 Å². The number of hydrogen-bond acceptors (Lipinski definition) is 6. The Morgan fingerprint density at radius 1 is 0.444 bits per heavy atom. The molecule has 0 spiro atoms. The van der Waals surface area contributed by atoms with Gasteiger partial charge in [-0.2, -0.15) is 0 Å². The number of amides is 1. The summed E-state index contributed by atoms with van der Waals surface area (Å²) in [7, 11) is 0.